The third-order valence-electron chi connectivity index (χ3n) is 7.49. The smallest absolute Gasteiger partial charge is 0.169 e. The zero-order valence-electron chi connectivity index (χ0n) is 22.7. The molecule has 206 valence electrons. The third-order valence-corrected chi connectivity index (χ3v) is 8.71. The van der Waals surface area contributed by atoms with Crippen LogP contribution in [0, 0.1) is 18.3 Å². The number of imidazole rings is 1. The number of hydrogen-bond donors (Lipinski definition) is 4. The molecule has 1 aliphatic rings. The van der Waals surface area contributed by atoms with Crippen LogP contribution < -0.4 is 11.1 Å². The lowest BCUT2D eigenvalue weighted by molar-refractivity contribution is 0.102. The predicted molar refractivity (Wildman–Crippen MR) is 162 cm³/mol. The molecule has 0 bridgehead atoms. The molecule has 5 heterocycles. The van der Waals surface area contributed by atoms with E-state index in [4.69, 9.17) is 17.1 Å². The summed E-state index contributed by atoms with van der Waals surface area (Å²) in [6.07, 6.45) is 18.2. The zero-order valence-corrected chi connectivity index (χ0v) is 23.5. The van der Waals surface area contributed by atoms with Crippen molar-refractivity contribution in [1.82, 2.24) is 35.5 Å². The molecule has 5 aromatic heterocycles. The molecule has 0 aliphatic heterocycles. The van der Waals surface area contributed by atoms with Crippen molar-refractivity contribution in [3.05, 3.63) is 75.8 Å². The second kappa shape index (κ2) is 11.5. The lowest BCUT2D eigenvalue weighted by Gasteiger charge is -2.11. The normalized spacial score (nSPS) is 14.1. The van der Waals surface area contributed by atoms with Gasteiger partial charge < -0.3 is 16.0 Å². The highest BCUT2D eigenvalue weighted by Crippen LogP contribution is 2.33. The van der Waals surface area contributed by atoms with Gasteiger partial charge in [0.05, 0.1) is 10.3 Å². The summed E-state index contributed by atoms with van der Waals surface area (Å²) in [5.74, 6) is 3.94. The Morgan fingerprint density at radius 3 is 2.76 bits per heavy atom. The van der Waals surface area contributed by atoms with Crippen LogP contribution in [0.1, 0.15) is 64.1 Å². The Kier molecular flexibility index (Phi) is 7.46. The molecule has 0 spiro atoms. The molecule has 1 saturated carbocycles. The summed E-state index contributed by atoms with van der Waals surface area (Å²) >= 11 is 1.35. The molecular weight excluding hydrogens is 532 g/mol. The molecule has 9 nitrogen and oxygen atoms in total. The number of terminal acetylenes is 1. The maximum Gasteiger partial charge on any atom is 0.169 e. The minimum atomic E-state index is -0.00937. The second-order valence-corrected chi connectivity index (χ2v) is 11.4. The van der Waals surface area contributed by atoms with Crippen molar-refractivity contribution in [2.75, 3.05) is 6.54 Å². The number of Topliss-reactive ketones (excluding diaryl/α,β-unsaturated/α-hetero) is 1. The fraction of sp³-hybridized carbons (Fsp3) is 0.258. The predicted octanol–water partition coefficient (Wildman–Crippen LogP) is 5.28. The topological polar surface area (TPSA) is 138 Å². The number of nitrogens with two attached hydrogens (primary N) is 1. The molecule has 5 aromatic rings. The number of aromatic nitrogens is 6. The van der Waals surface area contributed by atoms with Gasteiger partial charge in [-0.25, -0.2) is 9.97 Å². The van der Waals surface area contributed by atoms with E-state index in [0.717, 1.165) is 46.0 Å². The molecule has 6 rings (SSSR count). The van der Waals surface area contributed by atoms with E-state index in [1.165, 1.54) is 50.1 Å². The number of H-pyrrole nitrogens is 2. The summed E-state index contributed by atoms with van der Waals surface area (Å²) in [7, 11) is 0. The van der Waals surface area contributed by atoms with Crippen LogP contribution in [0.3, 0.4) is 0 Å². The van der Waals surface area contributed by atoms with Crippen molar-refractivity contribution in [3.63, 3.8) is 0 Å². The van der Waals surface area contributed by atoms with E-state index in [9.17, 15) is 4.79 Å². The van der Waals surface area contributed by atoms with Gasteiger partial charge in [-0.3, -0.25) is 14.9 Å². The Morgan fingerprint density at radius 1 is 1.20 bits per heavy atom. The molecule has 10 heteroatoms. The van der Waals surface area contributed by atoms with Crippen LogP contribution in [0.15, 0.2) is 49.1 Å². The number of aromatic amines is 2. The molecule has 5 N–H and O–H groups in total. The monoisotopic (exact) mass is 562 g/mol. The molecule has 0 aromatic carbocycles. The minimum absolute atomic E-state index is 0.00937. The lowest BCUT2D eigenvalue weighted by atomic mass is 10.1. The van der Waals surface area contributed by atoms with Crippen LogP contribution in [-0.2, 0) is 6.54 Å². The Hall–Kier alpha value is -4.59. The fourth-order valence-electron chi connectivity index (χ4n) is 5.35. The fourth-order valence-corrected chi connectivity index (χ4v) is 6.28. The van der Waals surface area contributed by atoms with E-state index in [-0.39, 0.29) is 5.78 Å². The molecule has 1 aliphatic carbocycles. The van der Waals surface area contributed by atoms with E-state index < -0.39 is 0 Å². The van der Waals surface area contributed by atoms with E-state index in [0.29, 0.717) is 39.0 Å². The number of pyridine rings is 2. The first-order valence-electron chi connectivity index (χ1n) is 13.6. The van der Waals surface area contributed by atoms with Crippen molar-refractivity contribution in [1.29, 1.82) is 0 Å². The number of fused-ring (bicyclic) bond motifs is 1. The quantitative estimate of drug-likeness (QED) is 0.142. The van der Waals surface area contributed by atoms with Crippen molar-refractivity contribution < 1.29 is 4.79 Å². The summed E-state index contributed by atoms with van der Waals surface area (Å²) in [6.45, 7) is 3.36. The number of carbonyl (C=O) groups is 1. The minimum Gasteiger partial charge on any atom is -0.404 e. The first-order valence-corrected chi connectivity index (χ1v) is 14.4. The SMILES string of the molecule is C#Cc1[nH]c(-c2n[nH]c3ncc(-c4cncc(CNCC5CCCC5)c4)cc23)nc1/C(=C\N)c1ccc(C(C)=O)s1. The maximum atomic E-state index is 11.8. The number of nitrogens with one attached hydrogen (secondary N) is 3. The average Bonchev–Trinajstić information content (AvgIpc) is 3.80. The van der Waals surface area contributed by atoms with Crippen LogP contribution in [0.25, 0.3) is 39.3 Å². The average molecular weight is 563 g/mol. The molecule has 1 fully saturated rings. The van der Waals surface area contributed by atoms with Crippen LogP contribution in [0.5, 0.6) is 0 Å². The molecule has 0 saturated heterocycles. The molecule has 41 heavy (non-hydrogen) atoms. The van der Waals surface area contributed by atoms with Crippen LogP contribution >= 0.6 is 11.3 Å². The maximum absolute atomic E-state index is 11.8. The van der Waals surface area contributed by atoms with Gasteiger partial charge in [0.1, 0.15) is 17.1 Å². The molecule has 0 amide bonds. The molecular formula is C31H30N8OS. The van der Waals surface area contributed by atoms with E-state index in [1.54, 1.807) is 6.07 Å². The summed E-state index contributed by atoms with van der Waals surface area (Å²) in [4.78, 5) is 30.4. The van der Waals surface area contributed by atoms with Gasteiger partial charge in [0.15, 0.2) is 17.3 Å². The van der Waals surface area contributed by atoms with Gasteiger partial charge >= 0.3 is 0 Å². The molecule has 0 atom stereocenters. The number of thiophene rings is 1. The first kappa shape index (κ1) is 26.6. The van der Waals surface area contributed by atoms with Gasteiger partial charge in [0.2, 0.25) is 0 Å². The lowest BCUT2D eigenvalue weighted by Crippen LogP contribution is -2.20. The Morgan fingerprint density at radius 2 is 2.00 bits per heavy atom. The van der Waals surface area contributed by atoms with E-state index >= 15 is 0 Å². The number of hydrogen-bond acceptors (Lipinski definition) is 8. The van der Waals surface area contributed by atoms with Gasteiger partial charge in [0, 0.05) is 52.9 Å². The highest BCUT2D eigenvalue weighted by atomic mass is 32.1. The van der Waals surface area contributed by atoms with E-state index in [1.807, 2.05) is 30.7 Å². The van der Waals surface area contributed by atoms with Crippen LogP contribution in [0.4, 0.5) is 0 Å². The summed E-state index contributed by atoms with van der Waals surface area (Å²) in [5, 5.41) is 11.9. The van der Waals surface area contributed by atoms with Gasteiger partial charge in [-0.2, -0.15) is 5.10 Å². The van der Waals surface area contributed by atoms with Crippen molar-refractivity contribution >= 4 is 33.7 Å². The zero-order chi connectivity index (χ0) is 28.3. The standard InChI is InChI=1S/C31H30N8OS/c1-3-25-28(24(12-32)27-9-8-26(41-27)18(2)40)37-31(36-25)29-23-11-22(17-35-30(23)39-38-29)21-10-20(15-34-16-21)14-33-13-19-6-4-5-7-19/h1,8-12,15-17,19,33H,4-7,13-14,32H2,2H3,(H,36,37)(H,35,38,39)/b24-12-. The largest absolute Gasteiger partial charge is 0.404 e. The number of ketones is 1. The van der Waals surface area contributed by atoms with Crippen LogP contribution in [-0.4, -0.2) is 42.5 Å². The molecule has 0 radical (unpaired) electrons. The summed E-state index contributed by atoms with van der Waals surface area (Å²) in [5.41, 5.74) is 11.9. The Labute approximate surface area is 241 Å². The van der Waals surface area contributed by atoms with Crippen LogP contribution in [0.2, 0.25) is 0 Å². The van der Waals surface area contributed by atoms with Crippen molar-refractivity contribution in [2.24, 2.45) is 11.7 Å². The summed E-state index contributed by atoms with van der Waals surface area (Å²) in [6, 6.07) is 7.80. The Bertz CT molecular complexity index is 1800. The van der Waals surface area contributed by atoms with E-state index in [2.05, 4.69) is 42.5 Å². The number of nitrogens with zero attached hydrogens (tertiary/aromatic N) is 4. The molecule has 0 unspecified atom stereocenters. The Balaban J connectivity index is 1.30. The van der Waals surface area contributed by atoms with Gasteiger partial charge in [0.25, 0.3) is 0 Å². The number of rotatable bonds is 9. The highest BCUT2D eigenvalue weighted by Gasteiger charge is 2.21. The highest BCUT2D eigenvalue weighted by molar-refractivity contribution is 7.15. The van der Waals surface area contributed by atoms with Crippen molar-refractivity contribution in [3.8, 4) is 35.0 Å². The van der Waals surface area contributed by atoms with Gasteiger partial charge in [-0.15, -0.1) is 17.8 Å². The first-order chi connectivity index (χ1) is 20.0. The second-order valence-electron chi connectivity index (χ2n) is 10.3. The van der Waals surface area contributed by atoms with Crippen molar-refractivity contribution in [2.45, 2.75) is 39.2 Å². The third kappa shape index (κ3) is 5.42. The van der Waals surface area contributed by atoms with Gasteiger partial charge in [-0.05, 0) is 62.1 Å². The summed E-state index contributed by atoms with van der Waals surface area (Å²) < 4.78 is 0. The number of carbonyl (C=O) groups excluding carboxylic acids is 1. The van der Waals surface area contributed by atoms with Gasteiger partial charge in [-0.1, -0.05) is 18.8 Å².